The summed E-state index contributed by atoms with van der Waals surface area (Å²) in [6.45, 7) is 0.271. The zero-order chi connectivity index (χ0) is 21.5. The van der Waals surface area contributed by atoms with E-state index in [1.165, 1.54) is 10.8 Å². The second kappa shape index (κ2) is 9.17. The number of aromatic nitrogens is 2. The third-order valence-corrected chi connectivity index (χ3v) is 3.64. The van der Waals surface area contributed by atoms with Crippen molar-refractivity contribution in [3.63, 3.8) is 0 Å². The average molecular weight is 400 g/mol. The third-order valence-electron chi connectivity index (χ3n) is 3.64. The Kier molecular flexibility index (Phi) is 7.50. The summed E-state index contributed by atoms with van der Waals surface area (Å²) in [5.41, 5.74) is 2.93. The number of nitrogens with zero attached hydrogens (tertiary/aromatic N) is 3. The molecule has 0 amide bonds. The molecule has 0 radical (unpaired) electrons. The number of carboxylic acids is 1. The van der Waals surface area contributed by atoms with Gasteiger partial charge in [-0.3, -0.25) is 14.4 Å². The standard InChI is InChI=1S/C16H24N4O8/c1-19-9-11(18-15(19)17)28-13(23)8-16(14(24)25,27-10-21)7-12(22)26-6-5-20(2,3)4/h9-10H,5-8H2,1-4H3,(H2-,17,18,24,25). The monoisotopic (exact) mass is 400 g/mol. The number of carbonyl (C=O) groups excluding carboxylic acids is 4. The highest BCUT2D eigenvalue weighted by atomic mass is 16.6. The van der Waals surface area contributed by atoms with E-state index in [1.807, 2.05) is 21.1 Å². The second-order valence-electron chi connectivity index (χ2n) is 7.11. The third kappa shape index (κ3) is 6.87. The summed E-state index contributed by atoms with van der Waals surface area (Å²) in [5, 5.41) is 11.6. The van der Waals surface area contributed by atoms with Gasteiger partial charge in [-0.2, -0.15) is 4.98 Å². The van der Waals surface area contributed by atoms with Gasteiger partial charge in [0.2, 0.25) is 11.8 Å². The van der Waals surface area contributed by atoms with E-state index in [0.29, 0.717) is 11.0 Å². The predicted molar refractivity (Wildman–Crippen MR) is 91.2 cm³/mol. The van der Waals surface area contributed by atoms with Crippen LogP contribution in [-0.2, 0) is 35.7 Å². The topological polar surface area (TPSA) is 163 Å². The van der Waals surface area contributed by atoms with Crippen molar-refractivity contribution in [1.29, 1.82) is 0 Å². The zero-order valence-corrected chi connectivity index (χ0v) is 16.2. The molecule has 1 unspecified atom stereocenters. The number of imidazole rings is 1. The molecule has 0 fully saturated rings. The first kappa shape index (κ1) is 22.9. The van der Waals surface area contributed by atoms with Crippen molar-refractivity contribution in [2.75, 3.05) is 40.0 Å². The fourth-order valence-electron chi connectivity index (χ4n) is 2.04. The number of quaternary nitrogens is 1. The van der Waals surface area contributed by atoms with Gasteiger partial charge in [0.15, 0.2) is 5.60 Å². The molecule has 2 N–H and O–H groups in total. The van der Waals surface area contributed by atoms with Crippen LogP contribution in [0.5, 0.6) is 5.88 Å². The number of nitrogen functional groups attached to an aromatic ring is 1. The van der Waals surface area contributed by atoms with Crippen molar-refractivity contribution < 1.29 is 43.0 Å². The van der Waals surface area contributed by atoms with Gasteiger partial charge in [-0.1, -0.05) is 0 Å². The molecular formula is C16H24N4O8. The lowest BCUT2D eigenvalue weighted by atomic mass is 9.95. The maximum Gasteiger partial charge on any atom is 0.317 e. The fourth-order valence-corrected chi connectivity index (χ4v) is 2.04. The first-order valence-electron chi connectivity index (χ1n) is 8.17. The van der Waals surface area contributed by atoms with Gasteiger partial charge < -0.3 is 38.9 Å². The number of carbonyl (C=O) groups is 4. The molecule has 156 valence electrons. The molecule has 1 aromatic heterocycles. The molecule has 0 aliphatic rings. The van der Waals surface area contributed by atoms with Crippen LogP contribution in [0.2, 0.25) is 0 Å². The van der Waals surface area contributed by atoms with Crippen LogP contribution in [0.1, 0.15) is 12.8 Å². The van der Waals surface area contributed by atoms with Crippen LogP contribution >= 0.6 is 0 Å². The number of rotatable bonds is 11. The van der Waals surface area contributed by atoms with Crippen LogP contribution in [0.3, 0.4) is 0 Å². The zero-order valence-electron chi connectivity index (χ0n) is 16.2. The SMILES string of the molecule is Cn1cc(OC(=O)CC(CC(=O)OCC[N+](C)(C)C)(OC=O)C(=O)[O-])nc1N. The minimum atomic E-state index is -2.58. The smallest absolute Gasteiger partial charge is 0.317 e. The first-order chi connectivity index (χ1) is 12.9. The van der Waals surface area contributed by atoms with Crippen molar-refractivity contribution in [1.82, 2.24) is 9.55 Å². The fraction of sp³-hybridized carbons (Fsp3) is 0.562. The van der Waals surface area contributed by atoms with Crippen molar-refractivity contribution in [3.8, 4) is 5.88 Å². The highest BCUT2D eigenvalue weighted by Crippen LogP contribution is 2.23. The van der Waals surface area contributed by atoms with E-state index in [9.17, 15) is 24.3 Å². The average Bonchev–Trinajstić information content (AvgIpc) is 2.83. The molecule has 0 saturated heterocycles. The molecule has 0 aromatic carbocycles. The number of hydrogen-bond donors (Lipinski definition) is 1. The largest absolute Gasteiger partial charge is 0.546 e. The minimum absolute atomic E-state index is 0.00418. The summed E-state index contributed by atoms with van der Waals surface area (Å²) in [7, 11) is 7.16. The molecule has 12 heteroatoms. The highest BCUT2D eigenvalue weighted by Gasteiger charge is 2.41. The Morgan fingerprint density at radius 2 is 1.89 bits per heavy atom. The number of esters is 2. The predicted octanol–water partition coefficient (Wildman–Crippen LogP) is -2.40. The molecule has 0 spiro atoms. The summed E-state index contributed by atoms with van der Waals surface area (Å²) >= 11 is 0. The van der Waals surface area contributed by atoms with Crippen LogP contribution in [0, 0.1) is 0 Å². The van der Waals surface area contributed by atoms with Crippen LogP contribution < -0.4 is 15.6 Å². The second-order valence-corrected chi connectivity index (χ2v) is 7.11. The molecule has 0 bridgehead atoms. The summed E-state index contributed by atoms with van der Waals surface area (Å²) < 4.78 is 16.3. The Balaban J connectivity index is 2.84. The van der Waals surface area contributed by atoms with Crippen LogP contribution in [-0.4, -0.2) is 78.3 Å². The van der Waals surface area contributed by atoms with Gasteiger partial charge >= 0.3 is 11.9 Å². The molecule has 12 nitrogen and oxygen atoms in total. The molecular weight excluding hydrogens is 376 g/mol. The summed E-state index contributed by atoms with van der Waals surface area (Å²) in [6.07, 6.45) is -0.632. The number of anilines is 1. The molecule has 1 aromatic rings. The molecule has 1 atom stereocenters. The minimum Gasteiger partial charge on any atom is -0.546 e. The number of carboxylic acid groups (broad SMARTS) is 1. The molecule has 0 aliphatic heterocycles. The van der Waals surface area contributed by atoms with E-state index < -0.39 is 36.4 Å². The van der Waals surface area contributed by atoms with Gasteiger partial charge in [-0.25, -0.2) is 0 Å². The quantitative estimate of drug-likeness (QED) is 0.241. The Hall–Kier alpha value is -3.15. The van der Waals surface area contributed by atoms with Gasteiger partial charge in [0.25, 0.3) is 6.47 Å². The Bertz CT molecular complexity index is 720. The highest BCUT2D eigenvalue weighted by molar-refractivity contribution is 5.89. The number of hydrogen-bond acceptors (Lipinski definition) is 10. The van der Waals surface area contributed by atoms with Crippen LogP contribution in [0.4, 0.5) is 5.95 Å². The Morgan fingerprint density at radius 3 is 2.36 bits per heavy atom. The van der Waals surface area contributed by atoms with E-state index in [2.05, 4.69) is 9.72 Å². The van der Waals surface area contributed by atoms with Crippen molar-refractivity contribution in [3.05, 3.63) is 6.20 Å². The molecule has 0 saturated carbocycles. The first-order valence-corrected chi connectivity index (χ1v) is 8.17. The maximum absolute atomic E-state index is 12.1. The van der Waals surface area contributed by atoms with Crippen molar-refractivity contribution in [2.24, 2.45) is 7.05 Å². The van der Waals surface area contributed by atoms with Crippen molar-refractivity contribution in [2.45, 2.75) is 18.4 Å². The lowest BCUT2D eigenvalue weighted by molar-refractivity contribution is -0.870. The number of likely N-dealkylation sites (N-methyl/N-ethyl adjacent to an activating group) is 1. The molecule has 0 aliphatic carbocycles. The number of aliphatic carboxylic acids is 1. The molecule has 1 heterocycles. The summed E-state index contributed by atoms with van der Waals surface area (Å²) in [6, 6.07) is 0. The Labute approximate surface area is 161 Å². The van der Waals surface area contributed by atoms with Gasteiger partial charge in [0.05, 0.1) is 46.2 Å². The summed E-state index contributed by atoms with van der Waals surface area (Å²) in [4.78, 5) is 50.2. The maximum atomic E-state index is 12.1. The number of ether oxygens (including phenoxy) is 3. The normalized spacial score (nSPS) is 13.3. The van der Waals surface area contributed by atoms with Gasteiger partial charge in [0.1, 0.15) is 13.2 Å². The van der Waals surface area contributed by atoms with E-state index in [4.69, 9.17) is 15.2 Å². The lowest BCUT2D eigenvalue weighted by Crippen LogP contribution is -2.53. The molecule has 1 rings (SSSR count). The molecule has 28 heavy (non-hydrogen) atoms. The van der Waals surface area contributed by atoms with E-state index in [1.54, 1.807) is 7.05 Å². The number of aryl methyl sites for hydroxylation is 1. The lowest BCUT2D eigenvalue weighted by Gasteiger charge is -2.31. The van der Waals surface area contributed by atoms with E-state index >= 15 is 0 Å². The van der Waals surface area contributed by atoms with Gasteiger partial charge in [-0.15, -0.1) is 0 Å². The van der Waals surface area contributed by atoms with Crippen LogP contribution in [0.15, 0.2) is 6.20 Å². The van der Waals surface area contributed by atoms with E-state index in [-0.39, 0.29) is 24.9 Å². The van der Waals surface area contributed by atoms with Gasteiger partial charge in [-0.05, 0) is 0 Å². The van der Waals surface area contributed by atoms with Crippen LogP contribution in [0.25, 0.3) is 0 Å². The number of nitrogens with two attached hydrogens (primary N) is 1. The van der Waals surface area contributed by atoms with E-state index in [0.717, 1.165) is 0 Å². The Morgan fingerprint density at radius 1 is 1.29 bits per heavy atom. The summed E-state index contributed by atoms with van der Waals surface area (Å²) in [5.74, 6) is -4.17. The van der Waals surface area contributed by atoms with Gasteiger partial charge in [0, 0.05) is 7.05 Å². The van der Waals surface area contributed by atoms with Crippen molar-refractivity contribution >= 4 is 30.3 Å².